The fourth-order valence-electron chi connectivity index (χ4n) is 3.85. The number of rotatable bonds is 8. The van der Waals surface area contributed by atoms with Gasteiger partial charge in [0.2, 0.25) is 0 Å². The van der Waals surface area contributed by atoms with Crippen molar-refractivity contribution in [1.29, 1.82) is 0 Å². The summed E-state index contributed by atoms with van der Waals surface area (Å²) >= 11 is 0. The molecule has 5 rings (SSSR count). The average Bonchev–Trinajstić information content (AvgIpc) is 2.99. The van der Waals surface area contributed by atoms with E-state index in [9.17, 15) is 36.7 Å². The third kappa shape index (κ3) is 9.71. The van der Waals surface area contributed by atoms with Crippen LogP contribution >= 0.6 is 0 Å². The summed E-state index contributed by atoms with van der Waals surface area (Å²) in [6, 6.07) is 20.1. The third-order valence-electron chi connectivity index (χ3n) is 6.07. The third-order valence-corrected chi connectivity index (χ3v) is 7.77. The number of benzene rings is 5. The van der Waals surface area contributed by atoms with E-state index in [0.717, 1.165) is 18.2 Å². The monoisotopic (exact) mass is 694 g/mol. The first-order valence-electron chi connectivity index (χ1n) is 12.5. The molecule has 5 aromatic rings. The summed E-state index contributed by atoms with van der Waals surface area (Å²) < 4.78 is 63.6. The SMILES string of the molecule is O=S(=O)(O)c1ccc(N=Nc2ccc(N=Nc3cc(N=Nc4ccc5c(O)cc(S(=O)(=O)O)cc5c4)c(O)cc3O)cc2)cc1.[Na].[Na]. The Morgan fingerprint density at radius 1 is 0.426 bits per heavy atom. The molecule has 0 saturated carbocycles. The molecule has 230 valence electrons. The summed E-state index contributed by atoms with van der Waals surface area (Å²) in [6.07, 6.45) is 0. The first-order valence-corrected chi connectivity index (χ1v) is 15.4. The number of hydrogen-bond acceptors (Lipinski definition) is 13. The molecule has 0 aliphatic heterocycles. The molecule has 0 saturated heterocycles. The predicted octanol–water partition coefficient (Wildman–Crippen LogP) is 6.93. The molecule has 0 spiro atoms. The summed E-state index contributed by atoms with van der Waals surface area (Å²) in [4.78, 5) is -0.768. The molecule has 0 aliphatic rings. The molecule has 0 amide bonds. The average molecular weight is 695 g/mol. The zero-order chi connectivity index (χ0) is 32.4. The van der Waals surface area contributed by atoms with Gasteiger partial charge in [-0.05, 0) is 78.2 Å². The second-order valence-corrected chi connectivity index (χ2v) is 12.1. The second kappa shape index (κ2) is 15.5. The van der Waals surface area contributed by atoms with Gasteiger partial charge in [0.05, 0.1) is 32.5 Å². The van der Waals surface area contributed by atoms with Crippen molar-refractivity contribution in [3.05, 3.63) is 91.0 Å². The Hall–Kier alpha value is -3.62. The van der Waals surface area contributed by atoms with E-state index in [4.69, 9.17) is 4.55 Å². The first-order chi connectivity index (χ1) is 21.3. The number of phenolic OH excluding ortho intramolecular Hbond substituents is 3. The van der Waals surface area contributed by atoms with Crippen LogP contribution in [-0.4, -0.2) is 100 Å². The van der Waals surface area contributed by atoms with Gasteiger partial charge in [-0.2, -0.15) is 37.3 Å². The summed E-state index contributed by atoms with van der Waals surface area (Å²) in [5, 5.41) is 55.3. The Kier molecular flexibility index (Phi) is 12.5. The zero-order valence-electron chi connectivity index (χ0n) is 24.5. The molecular formula is C28H20N6Na2O9S2. The first kappa shape index (κ1) is 37.8. The standard InChI is InChI=1S/C28H20N6O9S2.2Na/c35-26-13-22(45(41,42)43)12-16-11-20(7-10-23(16)26)32-34-25-14-24(27(36)15-28(25)37)33-31-18-3-1-17(2-4-18)29-30-19-5-8-21(9-6-19)44(38,39)40;;/h1-15,35-37H,(H,38,39,40)(H,41,42,43);;. The quantitative estimate of drug-likeness (QED) is 0.0641. The van der Waals surface area contributed by atoms with Gasteiger partial charge in [0.15, 0.2) is 0 Å². The minimum atomic E-state index is -4.57. The van der Waals surface area contributed by atoms with Gasteiger partial charge < -0.3 is 15.3 Å². The maximum Gasteiger partial charge on any atom is 0.294 e. The second-order valence-electron chi connectivity index (χ2n) is 9.24. The van der Waals surface area contributed by atoms with Gasteiger partial charge in [-0.25, -0.2) is 0 Å². The topological polar surface area (TPSA) is 244 Å². The Balaban J connectivity index is 0.00000300. The molecule has 15 nitrogen and oxygen atoms in total. The van der Waals surface area contributed by atoms with Crippen LogP contribution in [0.25, 0.3) is 10.8 Å². The van der Waals surface area contributed by atoms with Gasteiger partial charge in [-0.3, -0.25) is 9.11 Å². The summed E-state index contributed by atoms with van der Waals surface area (Å²) in [5.41, 5.74) is 1.29. The Morgan fingerprint density at radius 2 is 0.851 bits per heavy atom. The van der Waals surface area contributed by atoms with Crippen LogP contribution in [0.2, 0.25) is 0 Å². The molecule has 0 unspecified atom stereocenters. The number of nitrogens with zero attached hydrogens (tertiary/aromatic N) is 6. The molecule has 5 aromatic carbocycles. The molecule has 0 fully saturated rings. The van der Waals surface area contributed by atoms with E-state index in [1.165, 1.54) is 48.5 Å². The van der Waals surface area contributed by atoms with Gasteiger partial charge in [-0.1, -0.05) is 0 Å². The van der Waals surface area contributed by atoms with Gasteiger partial charge in [0, 0.05) is 82.7 Å². The van der Waals surface area contributed by atoms with Crippen molar-refractivity contribution in [2.75, 3.05) is 0 Å². The van der Waals surface area contributed by atoms with Crippen molar-refractivity contribution in [3.8, 4) is 17.2 Å². The predicted molar refractivity (Wildman–Crippen MR) is 172 cm³/mol. The van der Waals surface area contributed by atoms with Crippen LogP contribution in [0.15, 0.2) is 131 Å². The molecule has 0 bridgehead atoms. The van der Waals surface area contributed by atoms with E-state index in [2.05, 4.69) is 30.7 Å². The van der Waals surface area contributed by atoms with E-state index in [1.54, 1.807) is 24.3 Å². The molecular weight excluding hydrogens is 674 g/mol. The fourth-order valence-corrected chi connectivity index (χ4v) is 4.86. The smallest absolute Gasteiger partial charge is 0.294 e. The molecule has 19 heteroatoms. The number of azo groups is 3. The van der Waals surface area contributed by atoms with Crippen molar-refractivity contribution in [2.24, 2.45) is 30.7 Å². The minimum Gasteiger partial charge on any atom is -0.507 e. The van der Waals surface area contributed by atoms with Crippen LogP contribution in [0.5, 0.6) is 17.2 Å². The molecule has 5 N–H and O–H groups in total. The van der Waals surface area contributed by atoms with Crippen LogP contribution < -0.4 is 0 Å². The van der Waals surface area contributed by atoms with E-state index < -0.39 is 30.9 Å². The molecule has 0 heterocycles. The molecule has 2 radical (unpaired) electrons. The summed E-state index contributed by atoms with van der Waals surface area (Å²) in [7, 11) is -8.88. The largest absolute Gasteiger partial charge is 0.507 e. The van der Waals surface area contributed by atoms with Gasteiger partial charge in [0.1, 0.15) is 28.6 Å². The van der Waals surface area contributed by atoms with Crippen LogP contribution in [-0.2, 0) is 20.2 Å². The van der Waals surface area contributed by atoms with Crippen molar-refractivity contribution >= 4 is 124 Å². The minimum absolute atomic E-state index is 0. The summed E-state index contributed by atoms with van der Waals surface area (Å²) in [6.45, 7) is 0. The van der Waals surface area contributed by atoms with Crippen LogP contribution in [0.3, 0.4) is 0 Å². The van der Waals surface area contributed by atoms with Gasteiger partial charge >= 0.3 is 0 Å². The maximum absolute atomic E-state index is 11.5. The van der Waals surface area contributed by atoms with Crippen molar-refractivity contribution in [3.63, 3.8) is 0 Å². The number of phenols is 3. The van der Waals surface area contributed by atoms with Crippen molar-refractivity contribution in [2.45, 2.75) is 9.79 Å². The normalized spacial score (nSPS) is 12.0. The van der Waals surface area contributed by atoms with Crippen molar-refractivity contribution < 1.29 is 41.3 Å². The Labute approximate surface area is 311 Å². The van der Waals surface area contributed by atoms with Gasteiger partial charge in [-0.15, -0.1) is 10.2 Å². The zero-order valence-corrected chi connectivity index (χ0v) is 30.2. The van der Waals surface area contributed by atoms with Crippen molar-refractivity contribution in [1.82, 2.24) is 0 Å². The molecule has 0 atom stereocenters. The van der Waals surface area contributed by atoms with Crippen LogP contribution in [0.1, 0.15) is 0 Å². The number of aromatic hydroxyl groups is 3. The molecule has 47 heavy (non-hydrogen) atoms. The van der Waals surface area contributed by atoms with Crippen LogP contribution in [0.4, 0.5) is 34.1 Å². The van der Waals surface area contributed by atoms with E-state index in [1.807, 2.05) is 0 Å². The maximum atomic E-state index is 11.5. The summed E-state index contributed by atoms with van der Waals surface area (Å²) in [5.74, 6) is -1.16. The van der Waals surface area contributed by atoms with Gasteiger partial charge in [0.25, 0.3) is 20.2 Å². The van der Waals surface area contributed by atoms with E-state index in [-0.39, 0.29) is 98.0 Å². The number of hydrogen-bond donors (Lipinski definition) is 5. The molecule has 0 aliphatic carbocycles. The van der Waals surface area contributed by atoms with E-state index in [0.29, 0.717) is 22.4 Å². The molecule has 0 aromatic heterocycles. The Bertz CT molecular complexity index is 2250. The van der Waals surface area contributed by atoms with E-state index >= 15 is 0 Å². The van der Waals surface area contributed by atoms with Crippen LogP contribution in [0, 0.1) is 0 Å². The fraction of sp³-hybridized carbons (Fsp3) is 0. The number of fused-ring (bicyclic) bond motifs is 1. The Morgan fingerprint density at radius 3 is 1.34 bits per heavy atom.